The highest BCUT2D eigenvalue weighted by molar-refractivity contribution is 5.94. The lowest BCUT2D eigenvalue weighted by Gasteiger charge is -2.43. The molecule has 2 aliphatic heterocycles. The highest BCUT2D eigenvalue weighted by Crippen LogP contribution is 2.37. The van der Waals surface area contributed by atoms with E-state index in [0.717, 1.165) is 36.9 Å². The van der Waals surface area contributed by atoms with Gasteiger partial charge in [0.15, 0.2) is 5.69 Å². The van der Waals surface area contributed by atoms with Crippen molar-refractivity contribution in [1.29, 1.82) is 0 Å². The Morgan fingerprint density at radius 2 is 1.93 bits per heavy atom. The van der Waals surface area contributed by atoms with Gasteiger partial charge in [-0.2, -0.15) is 5.10 Å². The fourth-order valence-electron chi connectivity index (χ4n) is 4.21. The molecule has 0 radical (unpaired) electrons. The number of likely N-dealkylation sites (tertiary alicyclic amines) is 1. The van der Waals surface area contributed by atoms with Crippen LogP contribution < -0.4 is 5.32 Å². The minimum atomic E-state index is -0.320. The molecule has 152 valence electrons. The van der Waals surface area contributed by atoms with Crippen LogP contribution >= 0.6 is 0 Å². The SMILES string of the molecule is Cn1nc(C(=O)NC2CC2)c2c1CC1(CCN(C(=O)c3ncccn3)CC1)OC2. The summed E-state index contributed by atoms with van der Waals surface area (Å²) in [7, 11) is 1.89. The van der Waals surface area contributed by atoms with Crippen molar-refractivity contribution in [2.24, 2.45) is 7.05 Å². The molecular formula is C20H24N6O3. The molecular weight excluding hydrogens is 372 g/mol. The molecule has 0 bridgehead atoms. The zero-order valence-corrected chi connectivity index (χ0v) is 16.4. The van der Waals surface area contributed by atoms with Crippen molar-refractivity contribution in [2.45, 2.75) is 50.4 Å². The fourth-order valence-corrected chi connectivity index (χ4v) is 4.21. The number of aromatic nitrogens is 4. The van der Waals surface area contributed by atoms with E-state index in [2.05, 4.69) is 20.4 Å². The molecule has 1 N–H and O–H groups in total. The third kappa shape index (κ3) is 3.39. The molecule has 3 aliphatic rings. The van der Waals surface area contributed by atoms with Crippen LogP contribution in [-0.4, -0.2) is 61.2 Å². The summed E-state index contributed by atoms with van der Waals surface area (Å²) in [6, 6.07) is 1.99. The molecule has 0 unspecified atom stereocenters. The second-order valence-electron chi connectivity index (χ2n) is 8.16. The molecule has 2 aromatic rings. The second kappa shape index (κ2) is 6.91. The molecule has 4 heterocycles. The number of nitrogens with one attached hydrogen (secondary N) is 1. The molecule has 5 rings (SSSR count). The van der Waals surface area contributed by atoms with Gasteiger partial charge in [0.25, 0.3) is 11.8 Å². The van der Waals surface area contributed by atoms with Crippen molar-refractivity contribution in [2.75, 3.05) is 13.1 Å². The maximum absolute atomic E-state index is 12.6. The van der Waals surface area contributed by atoms with Crippen LogP contribution in [-0.2, 0) is 24.8 Å². The zero-order valence-electron chi connectivity index (χ0n) is 16.4. The van der Waals surface area contributed by atoms with Crippen LogP contribution in [0.2, 0.25) is 0 Å². The van der Waals surface area contributed by atoms with E-state index in [9.17, 15) is 9.59 Å². The van der Waals surface area contributed by atoms with Crippen LogP contribution in [0.1, 0.15) is 58.0 Å². The van der Waals surface area contributed by atoms with E-state index in [1.165, 1.54) is 0 Å². The van der Waals surface area contributed by atoms with Crippen LogP contribution in [0.3, 0.4) is 0 Å². The van der Waals surface area contributed by atoms with E-state index in [4.69, 9.17) is 4.74 Å². The predicted octanol–water partition coefficient (Wildman–Crippen LogP) is 0.850. The van der Waals surface area contributed by atoms with Gasteiger partial charge in [0.05, 0.1) is 12.2 Å². The Bertz CT molecular complexity index is 945. The number of hydrogen-bond donors (Lipinski definition) is 1. The van der Waals surface area contributed by atoms with Crippen LogP contribution in [0, 0.1) is 0 Å². The average molecular weight is 396 g/mol. The van der Waals surface area contributed by atoms with Gasteiger partial charge >= 0.3 is 0 Å². The Morgan fingerprint density at radius 1 is 1.21 bits per heavy atom. The smallest absolute Gasteiger partial charge is 0.291 e. The predicted molar refractivity (Wildman–Crippen MR) is 102 cm³/mol. The van der Waals surface area contributed by atoms with Crippen LogP contribution in [0.15, 0.2) is 18.5 Å². The average Bonchev–Trinajstić information content (AvgIpc) is 3.51. The number of nitrogens with zero attached hydrogens (tertiary/aromatic N) is 5. The van der Waals surface area contributed by atoms with Crippen LogP contribution in [0.4, 0.5) is 0 Å². The van der Waals surface area contributed by atoms with Gasteiger partial charge in [-0.1, -0.05) is 0 Å². The Hall–Kier alpha value is -2.81. The maximum atomic E-state index is 12.6. The second-order valence-corrected chi connectivity index (χ2v) is 8.16. The van der Waals surface area contributed by atoms with Gasteiger partial charge in [-0.05, 0) is 31.7 Å². The summed E-state index contributed by atoms with van der Waals surface area (Å²) in [6.07, 6.45) is 7.42. The third-order valence-corrected chi connectivity index (χ3v) is 6.13. The van der Waals surface area contributed by atoms with Gasteiger partial charge in [0.2, 0.25) is 5.82 Å². The summed E-state index contributed by atoms with van der Waals surface area (Å²) in [5.74, 6) is -0.0167. The Morgan fingerprint density at radius 3 is 2.62 bits per heavy atom. The van der Waals surface area contributed by atoms with Gasteiger partial charge in [-0.15, -0.1) is 0 Å². The summed E-state index contributed by atoms with van der Waals surface area (Å²) in [5.41, 5.74) is 2.12. The number of rotatable bonds is 3. The monoisotopic (exact) mass is 396 g/mol. The molecule has 0 aromatic carbocycles. The third-order valence-electron chi connectivity index (χ3n) is 6.13. The van der Waals surface area contributed by atoms with E-state index in [1.54, 1.807) is 23.4 Å². The van der Waals surface area contributed by atoms with E-state index < -0.39 is 0 Å². The van der Waals surface area contributed by atoms with Crippen molar-refractivity contribution in [3.05, 3.63) is 41.2 Å². The number of fused-ring (bicyclic) bond motifs is 1. The number of piperidine rings is 1. The van der Waals surface area contributed by atoms with Crippen molar-refractivity contribution in [3.63, 3.8) is 0 Å². The number of amides is 2. The summed E-state index contributed by atoms with van der Waals surface area (Å²) in [5, 5.41) is 7.49. The molecule has 1 saturated heterocycles. The van der Waals surface area contributed by atoms with Crippen molar-refractivity contribution in [1.82, 2.24) is 30.0 Å². The van der Waals surface area contributed by atoms with Crippen LogP contribution in [0.25, 0.3) is 0 Å². The van der Waals surface area contributed by atoms with E-state index in [1.807, 2.05) is 11.7 Å². The molecule has 1 aliphatic carbocycles. The van der Waals surface area contributed by atoms with E-state index in [0.29, 0.717) is 37.9 Å². The first-order valence-electron chi connectivity index (χ1n) is 10.1. The van der Waals surface area contributed by atoms with E-state index in [-0.39, 0.29) is 23.2 Å². The number of ether oxygens (including phenoxy) is 1. The first kappa shape index (κ1) is 18.2. The van der Waals surface area contributed by atoms with E-state index >= 15 is 0 Å². The molecule has 1 spiro atoms. The highest BCUT2D eigenvalue weighted by atomic mass is 16.5. The first-order valence-corrected chi connectivity index (χ1v) is 10.1. The molecule has 2 fully saturated rings. The summed E-state index contributed by atoms with van der Waals surface area (Å²) >= 11 is 0. The Labute approximate surface area is 168 Å². The molecule has 9 heteroatoms. The van der Waals surface area contributed by atoms with Crippen LogP contribution in [0.5, 0.6) is 0 Å². The Balaban J connectivity index is 1.28. The summed E-state index contributed by atoms with van der Waals surface area (Å²) in [4.78, 5) is 35.0. The molecule has 0 atom stereocenters. The van der Waals surface area contributed by atoms with Crippen molar-refractivity contribution < 1.29 is 14.3 Å². The summed E-state index contributed by atoms with van der Waals surface area (Å²) < 4.78 is 8.11. The molecule has 2 aromatic heterocycles. The maximum Gasteiger partial charge on any atom is 0.291 e. The lowest BCUT2D eigenvalue weighted by Crippen LogP contribution is -2.51. The largest absolute Gasteiger partial charge is 0.370 e. The zero-order chi connectivity index (χ0) is 20.0. The van der Waals surface area contributed by atoms with Crippen molar-refractivity contribution in [3.8, 4) is 0 Å². The molecule has 9 nitrogen and oxygen atoms in total. The lowest BCUT2D eigenvalue weighted by molar-refractivity contribution is -0.0991. The highest BCUT2D eigenvalue weighted by Gasteiger charge is 2.43. The first-order chi connectivity index (χ1) is 14.0. The number of carbonyl (C=O) groups excluding carboxylic acids is 2. The number of hydrogen-bond acceptors (Lipinski definition) is 6. The Kier molecular flexibility index (Phi) is 4.34. The lowest BCUT2D eigenvalue weighted by atomic mass is 9.83. The molecule has 2 amide bonds. The van der Waals surface area contributed by atoms with Gasteiger partial charge in [-0.25, -0.2) is 9.97 Å². The molecule has 29 heavy (non-hydrogen) atoms. The van der Waals surface area contributed by atoms with Gasteiger partial charge in [0, 0.05) is 56.3 Å². The van der Waals surface area contributed by atoms with Gasteiger partial charge in [-0.3, -0.25) is 14.3 Å². The standard InChI is InChI=1S/C20H24N6O3/c1-25-15-11-20(29-12-14(15)16(24-25)18(27)23-13-3-4-13)5-9-26(10-6-20)19(28)17-21-7-2-8-22-17/h2,7-8,13H,3-6,9-12H2,1H3,(H,23,27). The van der Waals surface area contributed by atoms with Gasteiger partial charge in [0.1, 0.15) is 0 Å². The normalized spacial score (nSPS) is 20.4. The minimum Gasteiger partial charge on any atom is -0.370 e. The summed E-state index contributed by atoms with van der Waals surface area (Å²) in [6.45, 7) is 1.57. The number of aryl methyl sites for hydroxylation is 1. The van der Waals surface area contributed by atoms with Crippen molar-refractivity contribution >= 4 is 11.8 Å². The minimum absolute atomic E-state index is 0.104. The number of carbonyl (C=O) groups is 2. The molecule has 1 saturated carbocycles. The fraction of sp³-hybridized carbons (Fsp3) is 0.550. The topological polar surface area (TPSA) is 102 Å². The quantitative estimate of drug-likeness (QED) is 0.825. The van der Waals surface area contributed by atoms with Gasteiger partial charge < -0.3 is 15.0 Å².